The maximum absolute atomic E-state index is 13.2. The molecule has 0 amide bonds. The van der Waals surface area contributed by atoms with E-state index in [2.05, 4.69) is 10.2 Å². The normalized spacial score (nSPS) is 11.8. The van der Waals surface area contributed by atoms with Gasteiger partial charge >= 0.3 is 0 Å². The molecule has 0 unspecified atom stereocenters. The summed E-state index contributed by atoms with van der Waals surface area (Å²) >= 11 is 0. The number of ether oxygens (including phenoxy) is 1. The summed E-state index contributed by atoms with van der Waals surface area (Å²) in [5, 5.41) is 7.13. The fraction of sp³-hybridized carbons (Fsp3) is 0.333. The van der Waals surface area contributed by atoms with Crippen molar-refractivity contribution in [3.05, 3.63) is 29.6 Å². The van der Waals surface area contributed by atoms with Crippen LogP contribution in [0.15, 0.2) is 23.4 Å². The van der Waals surface area contributed by atoms with E-state index in [9.17, 15) is 12.8 Å². The first-order valence-corrected chi connectivity index (χ1v) is 8.29. The largest absolute Gasteiger partial charge is 0.383 e. The molecule has 0 atom stereocenters. The SMILES string of the molecule is COCCn1c(-c2ccc(F)cc2C)nnc1S(=O)(=O)Cl. The Bertz CT molecular complexity index is 761. The zero-order valence-electron chi connectivity index (χ0n) is 11.4. The van der Waals surface area contributed by atoms with Crippen LogP contribution in [0.25, 0.3) is 11.4 Å². The van der Waals surface area contributed by atoms with Gasteiger partial charge in [0.05, 0.1) is 13.2 Å². The van der Waals surface area contributed by atoms with Crippen molar-refractivity contribution in [1.29, 1.82) is 0 Å². The molecule has 2 aromatic rings. The molecule has 0 saturated carbocycles. The highest BCUT2D eigenvalue weighted by molar-refractivity contribution is 8.13. The first kappa shape index (κ1) is 15.9. The number of halogens is 2. The van der Waals surface area contributed by atoms with Gasteiger partial charge in [0.25, 0.3) is 14.2 Å². The van der Waals surface area contributed by atoms with Gasteiger partial charge < -0.3 is 4.74 Å². The predicted octanol–water partition coefficient (Wildman–Crippen LogP) is 1.97. The lowest BCUT2D eigenvalue weighted by Crippen LogP contribution is -2.11. The molecule has 1 aromatic heterocycles. The Balaban J connectivity index is 2.60. The molecule has 0 saturated heterocycles. The van der Waals surface area contributed by atoms with Crippen molar-refractivity contribution in [1.82, 2.24) is 14.8 Å². The third-order valence-electron chi connectivity index (χ3n) is 2.88. The van der Waals surface area contributed by atoms with Crippen LogP contribution in [0.1, 0.15) is 5.56 Å². The molecule has 0 aliphatic rings. The summed E-state index contributed by atoms with van der Waals surface area (Å²) in [4.78, 5) is 0. The Morgan fingerprint density at radius 2 is 2.10 bits per heavy atom. The molecule has 0 N–H and O–H groups in total. The van der Waals surface area contributed by atoms with E-state index in [1.165, 1.54) is 29.9 Å². The number of rotatable bonds is 5. The Hall–Kier alpha value is -1.51. The Labute approximate surface area is 125 Å². The lowest BCUT2D eigenvalue weighted by atomic mass is 10.1. The minimum atomic E-state index is -4.04. The first-order chi connectivity index (χ1) is 9.84. The van der Waals surface area contributed by atoms with Gasteiger partial charge in [-0.15, -0.1) is 10.2 Å². The first-order valence-electron chi connectivity index (χ1n) is 5.98. The van der Waals surface area contributed by atoms with E-state index in [-0.39, 0.29) is 24.1 Å². The van der Waals surface area contributed by atoms with Crippen molar-refractivity contribution in [3.63, 3.8) is 0 Å². The molecule has 2 rings (SSSR count). The van der Waals surface area contributed by atoms with Crippen LogP contribution in [0.2, 0.25) is 0 Å². The minimum Gasteiger partial charge on any atom is -0.383 e. The van der Waals surface area contributed by atoms with Crippen LogP contribution in [-0.4, -0.2) is 36.9 Å². The zero-order chi connectivity index (χ0) is 15.6. The molecular weight excluding hydrogens is 321 g/mol. The van der Waals surface area contributed by atoms with Gasteiger partial charge in [-0.1, -0.05) is 0 Å². The number of methoxy groups -OCH3 is 1. The van der Waals surface area contributed by atoms with E-state index >= 15 is 0 Å². The lowest BCUT2D eigenvalue weighted by molar-refractivity contribution is 0.185. The monoisotopic (exact) mass is 333 g/mol. The van der Waals surface area contributed by atoms with E-state index in [4.69, 9.17) is 15.4 Å². The molecule has 0 radical (unpaired) electrons. The summed E-state index contributed by atoms with van der Waals surface area (Å²) in [7, 11) is 2.80. The molecule has 9 heteroatoms. The molecule has 0 aliphatic heterocycles. The van der Waals surface area contributed by atoms with E-state index in [0.717, 1.165) is 0 Å². The van der Waals surface area contributed by atoms with Gasteiger partial charge in [0.2, 0.25) is 0 Å². The van der Waals surface area contributed by atoms with Crippen LogP contribution in [0, 0.1) is 12.7 Å². The second kappa shape index (κ2) is 6.08. The van der Waals surface area contributed by atoms with E-state index in [1.54, 1.807) is 6.92 Å². The third kappa shape index (κ3) is 3.39. The van der Waals surface area contributed by atoms with Gasteiger partial charge in [-0.25, -0.2) is 12.8 Å². The standard InChI is InChI=1S/C12H13ClFN3O3S/c1-8-7-9(14)3-4-10(8)11-15-16-12(21(13,18)19)17(11)5-6-20-2/h3-4,7H,5-6H2,1-2H3. The average Bonchev–Trinajstić information content (AvgIpc) is 2.79. The molecular formula is C12H13ClFN3O3S. The maximum atomic E-state index is 13.2. The van der Waals surface area contributed by atoms with Crippen LogP contribution in [0.4, 0.5) is 4.39 Å². The maximum Gasteiger partial charge on any atom is 0.296 e. The molecule has 6 nitrogen and oxygen atoms in total. The average molecular weight is 334 g/mol. The number of hydrogen-bond donors (Lipinski definition) is 0. The lowest BCUT2D eigenvalue weighted by Gasteiger charge is -2.10. The van der Waals surface area contributed by atoms with Gasteiger partial charge in [-0.05, 0) is 30.7 Å². The number of aryl methyl sites for hydroxylation is 1. The van der Waals surface area contributed by atoms with Gasteiger partial charge in [0, 0.05) is 23.4 Å². The van der Waals surface area contributed by atoms with E-state index in [1.807, 2.05) is 0 Å². The third-order valence-corrected chi connectivity index (χ3v) is 4.04. The number of aromatic nitrogens is 3. The molecule has 1 aromatic carbocycles. The van der Waals surface area contributed by atoms with Crippen molar-refractivity contribution in [2.24, 2.45) is 0 Å². The van der Waals surface area contributed by atoms with Crippen LogP contribution < -0.4 is 0 Å². The predicted molar refractivity (Wildman–Crippen MR) is 75.1 cm³/mol. The Morgan fingerprint density at radius 1 is 1.38 bits per heavy atom. The van der Waals surface area contributed by atoms with Crippen molar-refractivity contribution in [3.8, 4) is 11.4 Å². The van der Waals surface area contributed by atoms with Gasteiger partial charge in [0.1, 0.15) is 5.82 Å². The van der Waals surface area contributed by atoms with Crippen LogP contribution in [-0.2, 0) is 20.3 Å². The smallest absolute Gasteiger partial charge is 0.296 e. The van der Waals surface area contributed by atoms with E-state index in [0.29, 0.717) is 17.0 Å². The van der Waals surface area contributed by atoms with Crippen LogP contribution >= 0.6 is 10.7 Å². The van der Waals surface area contributed by atoms with Crippen molar-refractivity contribution in [2.75, 3.05) is 13.7 Å². The summed E-state index contributed by atoms with van der Waals surface area (Å²) < 4.78 is 42.6. The second-order valence-corrected chi connectivity index (χ2v) is 6.81. The number of hydrogen-bond acceptors (Lipinski definition) is 5. The highest BCUT2D eigenvalue weighted by Crippen LogP contribution is 2.25. The fourth-order valence-corrected chi connectivity index (χ4v) is 2.85. The van der Waals surface area contributed by atoms with Crippen molar-refractivity contribution in [2.45, 2.75) is 18.6 Å². The summed E-state index contributed by atoms with van der Waals surface area (Å²) in [6.07, 6.45) is 0. The summed E-state index contributed by atoms with van der Waals surface area (Å²) in [6, 6.07) is 4.12. The molecule has 1 heterocycles. The topological polar surface area (TPSA) is 74.1 Å². The Morgan fingerprint density at radius 3 is 2.67 bits per heavy atom. The van der Waals surface area contributed by atoms with Crippen LogP contribution in [0.5, 0.6) is 0 Å². The van der Waals surface area contributed by atoms with Crippen LogP contribution in [0.3, 0.4) is 0 Å². The summed E-state index contributed by atoms with van der Waals surface area (Å²) in [5.41, 5.74) is 1.19. The quantitative estimate of drug-likeness (QED) is 0.782. The van der Waals surface area contributed by atoms with Crippen molar-refractivity contribution >= 4 is 19.7 Å². The molecule has 0 aliphatic carbocycles. The fourth-order valence-electron chi connectivity index (χ4n) is 1.93. The highest BCUT2D eigenvalue weighted by atomic mass is 35.7. The van der Waals surface area contributed by atoms with Crippen molar-refractivity contribution < 1.29 is 17.5 Å². The minimum absolute atomic E-state index is 0.205. The van der Waals surface area contributed by atoms with Gasteiger partial charge in [-0.3, -0.25) is 4.57 Å². The highest BCUT2D eigenvalue weighted by Gasteiger charge is 2.23. The molecule has 21 heavy (non-hydrogen) atoms. The molecule has 0 bridgehead atoms. The van der Waals surface area contributed by atoms with Gasteiger partial charge in [-0.2, -0.15) is 0 Å². The zero-order valence-corrected chi connectivity index (χ0v) is 12.9. The molecule has 114 valence electrons. The van der Waals surface area contributed by atoms with E-state index < -0.39 is 9.05 Å². The second-order valence-electron chi connectivity index (χ2n) is 4.35. The van der Waals surface area contributed by atoms with Gasteiger partial charge in [0.15, 0.2) is 5.82 Å². The Kier molecular flexibility index (Phi) is 4.60. The summed E-state index contributed by atoms with van der Waals surface area (Å²) in [6.45, 7) is 2.16. The number of benzene rings is 1. The number of nitrogens with zero attached hydrogens (tertiary/aromatic N) is 3. The molecule has 0 fully saturated rings. The summed E-state index contributed by atoms with van der Waals surface area (Å²) in [5.74, 6) is -0.0897. The molecule has 0 spiro atoms.